The molecule has 3 fully saturated rings. The van der Waals surface area contributed by atoms with Crippen LogP contribution in [0.4, 0.5) is 0 Å². The highest BCUT2D eigenvalue weighted by atomic mass is 16.1. The minimum Gasteiger partial charge on any atom is -0.299 e. The van der Waals surface area contributed by atoms with Crippen molar-refractivity contribution in [2.45, 2.75) is 51.4 Å². The van der Waals surface area contributed by atoms with E-state index in [1.165, 1.54) is 38.5 Å². The van der Waals surface area contributed by atoms with Gasteiger partial charge in [-0.3, -0.25) is 4.79 Å². The lowest BCUT2D eigenvalue weighted by Crippen LogP contribution is -2.38. The Kier molecular flexibility index (Phi) is 1.59. The SMILES string of the molecule is O=C1CCCCC12CC1CCC2C1. The molecule has 13 heavy (non-hydrogen) atoms. The number of carbonyl (C=O) groups excluding carboxylic acids is 1. The lowest BCUT2D eigenvalue weighted by Gasteiger charge is -2.39. The summed E-state index contributed by atoms with van der Waals surface area (Å²) in [4.78, 5) is 12.0. The Balaban J connectivity index is 1.91. The van der Waals surface area contributed by atoms with E-state index in [1.807, 2.05) is 0 Å². The Morgan fingerprint density at radius 3 is 2.77 bits per heavy atom. The largest absolute Gasteiger partial charge is 0.299 e. The molecule has 0 aliphatic heterocycles. The van der Waals surface area contributed by atoms with Gasteiger partial charge in [0, 0.05) is 11.8 Å². The van der Waals surface area contributed by atoms with Gasteiger partial charge in [0.25, 0.3) is 0 Å². The van der Waals surface area contributed by atoms with Crippen LogP contribution >= 0.6 is 0 Å². The van der Waals surface area contributed by atoms with E-state index in [4.69, 9.17) is 0 Å². The molecule has 1 nitrogen and oxygen atoms in total. The summed E-state index contributed by atoms with van der Waals surface area (Å²) in [7, 11) is 0. The quantitative estimate of drug-likeness (QED) is 0.557. The maximum atomic E-state index is 12.0. The average molecular weight is 178 g/mol. The monoisotopic (exact) mass is 178 g/mol. The fraction of sp³-hybridized carbons (Fsp3) is 0.917. The van der Waals surface area contributed by atoms with Crippen LogP contribution in [0.25, 0.3) is 0 Å². The fourth-order valence-electron chi connectivity index (χ4n) is 4.21. The third-order valence-corrected chi connectivity index (χ3v) is 4.81. The van der Waals surface area contributed by atoms with Crippen molar-refractivity contribution in [2.24, 2.45) is 17.3 Å². The Labute approximate surface area is 79.9 Å². The second-order valence-corrected chi connectivity index (χ2v) is 5.37. The molecule has 0 amide bonds. The molecular formula is C12H18O. The second-order valence-electron chi connectivity index (χ2n) is 5.37. The lowest BCUT2D eigenvalue weighted by molar-refractivity contribution is -0.134. The van der Waals surface area contributed by atoms with E-state index in [-0.39, 0.29) is 5.41 Å². The van der Waals surface area contributed by atoms with Crippen molar-refractivity contribution in [3.63, 3.8) is 0 Å². The van der Waals surface area contributed by atoms with Gasteiger partial charge in [-0.15, -0.1) is 0 Å². The number of hydrogen-bond donors (Lipinski definition) is 0. The molecule has 0 aromatic carbocycles. The molecule has 3 aliphatic carbocycles. The highest BCUT2D eigenvalue weighted by Crippen LogP contribution is 2.60. The summed E-state index contributed by atoms with van der Waals surface area (Å²) in [6.45, 7) is 0. The Morgan fingerprint density at radius 1 is 1.23 bits per heavy atom. The number of carbonyl (C=O) groups is 1. The predicted molar refractivity (Wildman–Crippen MR) is 51.4 cm³/mol. The van der Waals surface area contributed by atoms with E-state index in [0.717, 1.165) is 24.7 Å². The van der Waals surface area contributed by atoms with Crippen LogP contribution in [0.5, 0.6) is 0 Å². The molecule has 1 spiro atoms. The Bertz CT molecular complexity index is 246. The standard InChI is InChI=1S/C12H18O/c13-11-3-1-2-6-12(11)8-9-4-5-10(12)7-9/h9-10H,1-8H2. The summed E-state index contributed by atoms with van der Waals surface area (Å²) in [5, 5.41) is 0. The molecule has 2 bridgehead atoms. The molecule has 3 unspecified atom stereocenters. The third kappa shape index (κ3) is 0.963. The van der Waals surface area contributed by atoms with Crippen molar-refractivity contribution in [3.05, 3.63) is 0 Å². The molecule has 0 aromatic rings. The molecule has 0 radical (unpaired) electrons. The van der Waals surface area contributed by atoms with E-state index in [9.17, 15) is 4.79 Å². The van der Waals surface area contributed by atoms with Crippen LogP contribution in [-0.2, 0) is 4.79 Å². The van der Waals surface area contributed by atoms with Gasteiger partial charge in [0.1, 0.15) is 5.78 Å². The molecule has 3 atom stereocenters. The van der Waals surface area contributed by atoms with Gasteiger partial charge in [0.05, 0.1) is 0 Å². The van der Waals surface area contributed by atoms with Crippen molar-refractivity contribution in [2.75, 3.05) is 0 Å². The third-order valence-electron chi connectivity index (χ3n) is 4.81. The van der Waals surface area contributed by atoms with Crippen LogP contribution in [0.3, 0.4) is 0 Å². The Morgan fingerprint density at radius 2 is 2.15 bits per heavy atom. The van der Waals surface area contributed by atoms with Gasteiger partial charge in [0.15, 0.2) is 0 Å². The van der Waals surface area contributed by atoms with Gasteiger partial charge >= 0.3 is 0 Å². The molecule has 3 rings (SSSR count). The highest BCUT2D eigenvalue weighted by molar-refractivity contribution is 5.86. The Hall–Kier alpha value is -0.330. The number of fused-ring (bicyclic) bond motifs is 3. The first-order valence-electron chi connectivity index (χ1n) is 5.84. The van der Waals surface area contributed by atoms with Gasteiger partial charge in [-0.2, -0.15) is 0 Å². The van der Waals surface area contributed by atoms with Gasteiger partial charge in [-0.05, 0) is 43.9 Å². The van der Waals surface area contributed by atoms with E-state index < -0.39 is 0 Å². The van der Waals surface area contributed by atoms with Crippen LogP contribution in [0, 0.1) is 17.3 Å². The summed E-state index contributed by atoms with van der Waals surface area (Å²) >= 11 is 0. The number of ketones is 1. The molecule has 1 heteroatoms. The maximum absolute atomic E-state index is 12.0. The second kappa shape index (κ2) is 2.59. The van der Waals surface area contributed by atoms with Crippen molar-refractivity contribution in [1.82, 2.24) is 0 Å². The zero-order valence-electron chi connectivity index (χ0n) is 8.22. The van der Waals surface area contributed by atoms with E-state index in [2.05, 4.69) is 0 Å². The maximum Gasteiger partial charge on any atom is 0.139 e. The number of hydrogen-bond acceptors (Lipinski definition) is 1. The molecule has 72 valence electrons. The average Bonchev–Trinajstić information content (AvgIpc) is 2.70. The van der Waals surface area contributed by atoms with E-state index in [1.54, 1.807) is 0 Å². The molecule has 3 saturated carbocycles. The van der Waals surface area contributed by atoms with Crippen LogP contribution in [0.2, 0.25) is 0 Å². The molecule has 3 aliphatic rings. The van der Waals surface area contributed by atoms with Gasteiger partial charge < -0.3 is 0 Å². The van der Waals surface area contributed by atoms with Gasteiger partial charge in [-0.25, -0.2) is 0 Å². The first kappa shape index (κ1) is 8.02. The topological polar surface area (TPSA) is 17.1 Å². The van der Waals surface area contributed by atoms with Gasteiger partial charge in [0.2, 0.25) is 0 Å². The molecule has 0 N–H and O–H groups in total. The number of Topliss-reactive ketones (excluding diaryl/α,β-unsaturated/α-hetero) is 1. The van der Waals surface area contributed by atoms with Crippen LogP contribution in [-0.4, -0.2) is 5.78 Å². The fourth-order valence-corrected chi connectivity index (χ4v) is 4.21. The van der Waals surface area contributed by atoms with E-state index >= 15 is 0 Å². The number of rotatable bonds is 0. The summed E-state index contributed by atoms with van der Waals surface area (Å²) in [5.74, 6) is 2.35. The summed E-state index contributed by atoms with van der Waals surface area (Å²) in [5.41, 5.74) is 0.209. The minimum absolute atomic E-state index is 0.209. The highest BCUT2D eigenvalue weighted by Gasteiger charge is 2.54. The molecule has 0 aromatic heterocycles. The van der Waals surface area contributed by atoms with Crippen molar-refractivity contribution in [3.8, 4) is 0 Å². The predicted octanol–water partition coefficient (Wildman–Crippen LogP) is 2.94. The molecule has 0 heterocycles. The van der Waals surface area contributed by atoms with Crippen LogP contribution < -0.4 is 0 Å². The normalized spacial score (nSPS) is 49.1. The smallest absolute Gasteiger partial charge is 0.139 e. The molecule has 0 saturated heterocycles. The van der Waals surface area contributed by atoms with Crippen LogP contribution in [0.15, 0.2) is 0 Å². The van der Waals surface area contributed by atoms with Crippen molar-refractivity contribution >= 4 is 5.78 Å². The zero-order chi connectivity index (χ0) is 8.89. The summed E-state index contributed by atoms with van der Waals surface area (Å²) in [6, 6.07) is 0. The minimum atomic E-state index is 0.209. The molecular weight excluding hydrogens is 160 g/mol. The zero-order valence-corrected chi connectivity index (χ0v) is 8.22. The van der Waals surface area contributed by atoms with Crippen molar-refractivity contribution < 1.29 is 4.79 Å². The first-order chi connectivity index (χ1) is 6.31. The first-order valence-corrected chi connectivity index (χ1v) is 5.84. The van der Waals surface area contributed by atoms with Crippen LogP contribution in [0.1, 0.15) is 51.4 Å². The van der Waals surface area contributed by atoms with Gasteiger partial charge in [-0.1, -0.05) is 12.8 Å². The summed E-state index contributed by atoms with van der Waals surface area (Å²) < 4.78 is 0. The summed E-state index contributed by atoms with van der Waals surface area (Å²) in [6.07, 6.45) is 10.0. The lowest BCUT2D eigenvalue weighted by atomic mass is 9.64. The van der Waals surface area contributed by atoms with Crippen molar-refractivity contribution in [1.29, 1.82) is 0 Å². The van der Waals surface area contributed by atoms with E-state index in [0.29, 0.717) is 5.78 Å².